The van der Waals surface area contributed by atoms with Crippen LogP contribution < -0.4 is 5.14 Å². The lowest BCUT2D eigenvalue weighted by Crippen LogP contribution is -2.15. The molecule has 0 aromatic heterocycles. The van der Waals surface area contributed by atoms with Crippen molar-refractivity contribution in [2.45, 2.75) is 24.2 Å². The van der Waals surface area contributed by atoms with E-state index in [1.54, 1.807) is 0 Å². The maximum absolute atomic E-state index is 14.5. The van der Waals surface area contributed by atoms with E-state index >= 15 is 0 Å². The highest BCUT2D eigenvalue weighted by Crippen LogP contribution is 2.42. The second-order valence-electron chi connectivity index (χ2n) is 5.75. The molecule has 0 saturated carbocycles. The molecule has 0 unspecified atom stereocenters. The van der Waals surface area contributed by atoms with Crippen molar-refractivity contribution in [1.82, 2.24) is 0 Å². The summed E-state index contributed by atoms with van der Waals surface area (Å²) in [7, 11) is -4.31. The van der Waals surface area contributed by atoms with Gasteiger partial charge in [0.2, 0.25) is 10.0 Å². The van der Waals surface area contributed by atoms with Gasteiger partial charge in [0.05, 0.1) is 0 Å². The largest absolute Gasteiger partial charge is 0.241 e. The van der Waals surface area contributed by atoms with Crippen LogP contribution in [0.5, 0.6) is 0 Å². The highest BCUT2D eigenvalue weighted by atomic mass is 79.9. The minimum Gasteiger partial charge on any atom is -0.225 e. The molecule has 25 heavy (non-hydrogen) atoms. The zero-order chi connectivity index (χ0) is 18.4. The van der Waals surface area contributed by atoms with Crippen LogP contribution >= 0.6 is 31.9 Å². The number of primary sulfonamides is 1. The Hall–Kier alpha value is -1.09. The Morgan fingerprint density at radius 2 is 1.60 bits per heavy atom. The zero-order valence-corrected chi connectivity index (χ0v) is 16.8. The molecular formula is C17H13Br2F2NO2S. The summed E-state index contributed by atoms with van der Waals surface area (Å²) in [6.45, 7) is 0. The average molecular weight is 493 g/mol. The van der Waals surface area contributed by atoms with Crippen LogP contribution in [-0.2, 0) is 10.0 Å². The van der Waals surface area contributed by atoms with Gasteiger partial charge in [-0.15, -0.1) is 0 Å². The summed E-state index contributed by atoms with van der Waals surface area (Å²) < 4.78 is 53.1. The topological polar surface area (TPSA) is 60.2 Å². The van der Waals surface area contributed by atoms with Gasteiger partial charge in [-0.25, -0.2) is 22.3 Å². The molecule has 3 rings (SSSR count). The smallest absolute Gasteiger partial charge is 0.225 e. The summed E-state index contributed by atoms with van der Waals surface area (Å²) in [5.41, 5.74) is 2.61. The summed E-state index contributed by atoms with van der Waals surface area (Å²) in [5.74, 6) is -1.84. The van der Waals surface area contributed by atoms with E-state index in [9.17, 15) is 17.2 Å². The number of hydrogen-bond donors (Lipinski definition) is 1. The van der Waals surface area contributed by atoms with Crippen LogP contribution in [0.4, 0.5) is 8.78 Å². The predicted molar refractivity (Wildman–Crippen MR) is 100 cm³/mol. The molecule has 0 heterocycles. The molecule has 0 atom stereocenters. The first-order valence-corrected chi connectivity index (χ1v) is 10.5. The van der Waals surface area contributed by atoms with Crippen LogP contribution in [0.25, 0.3) is 11.1 Å². The third kappa shape index (κ3) is 3.72. The molecule has 1 aliphatic carbocycles. The van der Waals surface area contributed by atoms with Gasteiger partial charge in [-0.05, 0) is 92.1 Å². The Kier molecular flexibility index (Phi) is 5.16. The molecular weight excluding hydrogens is 480 g/mol. The van der Waals surface area contributed by atoms with Crippen LogP contribution in [0.15, 0.2) is 44.2 Å². The number of halogens is 4. The van der Waals surface area contributed by atoms with E-state index < -0.39 is 26.6 Å². The van der Waals surface area contributed by atoms with E-state index in [0.29, 0.717) is 18.1 Å². The van der Waals surface area contributed by atoms with Gasteiger partial charge in [-0.2, -0.15) is 0 Å². The lowest BCUT2D eigenvalue weighted by Gasteiger charge is -2.12. The molecule has 2 aromatic rings. The molecule has 3 nitrogen and oxygen atoms in total. The molecule has 0 saturated heterocycles. The molecule has 0 bridgehead atoms. The van der Waals surface area contributed by atoms with Crippen molar-refractivity contribution in [2.24, 2.45) is 5.14 Å². The van der Waals surface area contributed by atoms with Crippen molar-refractivity contribution < 1.29 is 17.2 Å². The molecule has 0 aliphatic heterocycles. The minimum atomic E-state index is -4.31. The molecule has 0 spiro atoms. The van der Waals surface area contributed by atoms with E-state index in [2.05, 4.69) is 31.9 Å². The van der Waals surface area contributed by atoms with E-state index in [1.165, 1.54) is 0 Å². The highest BCUT2D eigenvalue weighted by Gasteiger charge is 2.24. The Balaban J connectivity index is 2.17. The molecule has 0 radical (unpaired) electrons. The normalized spacial score (nSPS) is 15.1. The number of allylic oxidation sites excluding steroid dienone is 2. The molecule has 2 N–H and O–H groups in total. The lowest BCUT2D eigenvalue weighted by molar-refractivity contribution is 0.552. The lowest BCUT2D eigenvalue weighted by atomic mass is 9.96. The van der Waals surface area contributed by atoms with Crippen molar-refractivity contribution in [2.75, 3.05) is 0 Å². The van der Waals surface area contributed by atoms with Gasteiger partial charge in [0.15, 0.2) is 0 Å². The Labute approximate surface area is 161 Å². The standard InChI is InChI=1S/C17H13Br2F2NO2S/c18-13-5-4-9(6-14(13)19)10-2-1-3-11(10)12-7-16(21)17(8-15(12)20)25(22,23)24/h4-8H,1-3H2,(H2,22,23,24). The molecule has 1 aliphatic rings. The number of sulfonamides is 1. The molecule has 2 aromatic carbocycles. The maximum atomic E-state index is 14.5. The van der Waals surface area contributed by atoms with Crippen molar-refractivity contribution >= 4 is 53.0 Å². The van der Waals surface area contributed by atoms with E-state index in [1.807, 2.05) is 18.2 Å². The summed E-state index contributed by atoms with van der Waals surface area (Å²) in [4.78, 5) is -0.833. The minimum absolute atomic E-state index is 0.0800. The zero-order valence-electron chi connectivity index (χ0n) is 12.8. The summed E-state index contributed by atoms with van der Waals surface area (Å²) in [6, 6.07) is 7.27. The molecule has 132 valence electrons. The number of nitrogens with two attached hydrogens (primary N) is 1. The van der Waals surface area contributed by atoms with Gasteiger partial charge in [0.25, 0.3) is 0 Å². The second kappa shape index (κ2) is 6.90. The van der Waals surface area contributed by atoms with Crippen molar-refractivity contribution in [3.63, 3.8) is 0 Å². The van der Waals surface area contributed by atoms with E-state index in [4.69, 9.17) is 5.14 Å². The third-order valence-corrected chi connectivity index (χ3v) is 6.94. The highest BCUT2D eigenvalue weighted by molar-refractivity contribution is 9.13. The van der Waals surface area contributed by atoms with E-state index in [-0.39, 0.29) is 5.56 Å². The number of hydrogen-bond acceptors (Lipinski definition) is 2. The van der Waals surface area contributed by atoms with Gasteiger partial charge >= 0.3 is 0 Å². The molecule has 8 heteroatoms. The first kappa shape index (κ1) is 18.7. The number of benzene rings is 2. The summed E-state index contributed by atoms with van der Waals surface area (Å²) in [5, 5.41) is 4.92. The Bertz CT molecular complexity index is 1000. The monoisotopic (exact) mass is 491 g/mol. The van der Waals surface area contributed by atoms with Crippen LogP contribution in [0, 0.1) is 11.6 Å². The fraction of sp³-hybridized carbons (Fsp3) is 0.176. The van der Waals surface area contributed by atoms with Crippen LogP contribution in [0.3, 0.4) is 0 Å². The fourth-order valence-electron chi connectivity index (χ4n) is 3.02. The first-order chi connectivity index (χ1) is 11.7. The molecule has 0 amide bonds. The van der Waals surface area contributed by atoms with Crippen molar-refractivity contribution in [3.05, 3.63) is 62.0 Å². The average Bonchev–Trinajstić information content (AvgIpc) is 3.00. The maximum Gasteiger partial charge on any atom is 0.241 e. The van der Waals surface area contributed by atoms with Crippen LogP contribution in [-0.4, -0.2) is 8.42 Å². The SMILES string of the molecule is NS(=O)(=O)c1cc(F)c(C2=C(c3ccc(Br)c(Br)c3)CCC2)cc1F. The van der Waals surface area contributed by atoms with Gasteiger partial charge < -0.3 is 0 Å². The van der Waals surface area contributed by atoms with Gasteiger partial charge in [-0.3, -0.25) is 0 Å². The first-order valence-electron chi connectivity index (χ1n) is 7.38. The van der Waals surface area contributed by atoms with Crippen molar-refractivity contribution in [3.8, 4) is 0 Å². The van der Waals surface area contributed by atoms with Crippen molar-refractivity contribution in [1.29, 1.82) is 0 Å². The number of rotatable bonds is 3. The fourth-order valence-corrected chi connectivity index (χ4v) is 4.25. The van der Waals surface area contributed by atoms with Gasteiger partial charge in [-0.1, -0.05) is 6.07 Å². The predicted octanol–water partition coefficient (Wildman–Crippen LogP) is 5.23. The van der Waals surface area contributed by atoms with Crippen LogP contribution in [0.2, 0.25) is 0 Å². The Morgan fingerprint density at radius 3 is 2.24 bits per heavy atom. The third-order valence-electron chi connectivity index (χ3n) is 4.14. The van der Waals surface area contributed by atoms with Crippen LogP contribution in [0.1, 0.15) is 30.4 Å². The second-order valence-corrected chi connectivity index (χ2v) is 8.99. The van der Waals surface area contributed by atoms with E-state index in [0.717, 1.165) is 39.0 Å². The van der Waals surface area contributed by atoms with Gasteiger partial charge in [0, 0.05) is 14.5 Å². The summed E-state index contributed by atoms with van der Waals surface area (Å²) >= 11 is 6.85. The molecule has 0 fully saturated rings. The quantitative estimate of drug-likeness (QED) is 0.637. The Morgan fingerprint density at radius 1 is 0.920 bits per heavy atom. The summed E-state index contributed by atoms with van der Waals surface area (Å²) in [6.07, 6.45) is 2.14. The van der Waals surface area contributed by atoms with Gasteiger partial charge in [0.1, 0.15) is 16.5 Å².